The maximum absolute atomic E-state index is 12.4. The average Bonchev–Trinajstić information content (AvgIpc) is 2.80. The lowest BCUT2D eigenvalue weighted by molar-refractivity contribution is -0.143. The van der Waals surface area contributed by atoms with Gasteiger partial charge in [0.05, 0.1) is 5.92 Å². The van der Waals surface area contributed by atoms with E-state index in [0.717, 1.165) is 0 Å². The molecule has 0 radical (unpaired) electrons. The maximum Gasteiger partial charge on any atom is 0.308 e. The van der Waals surface area contributed by atoms with Gasteiger partial charge in [-0.3, -0.25) is 14.4 Å². The first-order valence-electron chi connectivity index (χ1n) is 6.59. The fraction of sp³-hybridized carbons (Fsp3) is 0.500. The number of rotatable bonds is 3. The van der Waals surface area contributed by atoms with Gasteiger partial charge in [0.15, 0.2) is 5.78 Å². The predicted molar refractivity (Wildman–Crippen MR) is 71.7 cm³/mol. The molecule has 1 aliphatic rings. The zero-order valence-corrected chi connectivity index (χ0v) is 11.6. The van der Waals surface area contributed by atoms with Gasteiger partial charge in [-0.1, -0.05) is 0 Å². The molecule has 0 aromatic carbocycles. The molecule has 1 N–H and O–H groups in total. The molecule has 1 amide bonds. The first-order valence-corrected chi connectivity index (χ1v) is 6.59. The Morgan fingerprint density at radius 3 is 2.60 bits per heavy atom. The summed E-state index contributed by atoms with van der Waals surface area (Å²) >= 11 is 0. The van der Waals surface area contributed by atoms with E-state index in [1.165, 1.54) is 6.92 Å². The van der Waals surface area contributed by atoms with Crippen LogP contribution < -0.4 is 0 Å². The molecule has 20 heavy (non-hydrogen) atoms. The molecule has 0 spiro atoms. The number of carbonyl (C=O) groups excluding carboxylic acids is 2. The van der Waals surface area contributed by atoms with Crippen molar-refractivity contribution in [1.29, 1.82) is 0 Å². The molecule has 0 bridgehead atoms. The highest BCUT2D eigenvalue weighted by Gasteiger charge is 2.29. The molecule has 2 heterocycles. The normalized spacial score (nSPS) is 18.9. The predicted octanol–water partition coefficient (Wildman–Crippen LogP) is 1.16. The fourth-order valence-electron chi connectivity index (χ4n) is 2.49. The largest absolute Gasteiger partial charge is 0.481 e. The summed E-state index contributed by atoms with van der Waals surface area (Å²) < 4.78 is 1.61. The summed E-state index contributed by atoms with van der Waals surface area (Å²) in [4.78, 5) is 36.3. The average molecular weight is 278 g/mol. The topological polar surface area (TPSA) is 79.6 Å². The molecule has 1 atom stereocenters. The summed E-state index contributed by atoms with van der Waals surface area (Å²) in [6.45, 7) is 2.24. The third-order valence-corrected chi connectivity index (χ3v) is 3.69. The minimum Gasteiger partial charge on any atom is -0.481 e. The van der Waals surface area contributed by atoms with Crippen molar-refractivity contribution in [3.63, 3.8) is 0 Å². The van der Waals surface area contributed by atoms with E-state index in [1.54, 1.807) is 28.8 Å². The minimum absolute atomic E-state index is 0.0956. The highest BCUT2D eigenvalue weighted by atomic mass is 16.4. The number of carbonyl (C=O) groups is 3. The van der Waals surface area contributed by atoms with Crippen LogP contribution in [0.1, 0.15) is 40.6 Å². The first kappa shape index (κ1) is 14.3. The van der Waals surface area contributed by atoms with Crippen molar-refractivity contribution in [1.82, 2.24) is 9.47 Å². The van der Waals surface area contributed by atoms with E-state index < -0.39 is 11.9 Å². The van der Waals surface area contributed by atoms with Crippen LogP contribution in [0.3, 0.4) is 0 Å². The molecule has 108 valence electrons. The van der Waals surface area contributed by atoms with Crippen molar-refractivity contribution < 1.29 is 19.5 Å². The number of likely N-dealkylation sites (tertiary alicyclic amines) is 1. The van der Waals surface area contributed by atoms with Gasteiger partial charge in [0.2, 0.25) is 0 Å². The summed E-state index contributed by atoms with van der Waals surface area (Å²) in [7, 11) is 1.71. The number of nitrogens with zero attached hydrogens (tertiary/aromatic N) is 2. The number of hydrogen-bond donors (Lipinski definition) is 1. The number of piperidine rings is 1. The standard InChI is InChI=1S/C14H18N2O4/c1-9(17)11-6-12(15(2)7-11)13(18)16-5-3-4-10(8-16)14(19)20/h6-7,10H,3-5,8H2,1-2H3,(H,19,20)/t10-/m1/s1. The Labute approximate surface area is 117 Å². The molecule has 1 aromatic heterocycles. The van der Waals surface area contributed by atoms with E-state index in [1.807, 2.05) is 0 Å². The monoisotopic (exact) mass is 278 g/mol. The van der Waals surface area contributed by atoms with Crippen LogP contribution >= 0.6 is 0 Å². The molecule has 1 aromatic rings. The second kappa shape index (κ2) is 5.48. The molecular weight excluding hydrogens is 260 g/mol. The highest BCUT2D eigenvalue weighted by Crippen LogP contribution is 2.19. The Kier molecular flexibility index (Phi) is 3.92. The van der Waals surface area contributed by atoms with E-state index >= 15 is 0 Å². The van der Waals surface area contributed by atoms with Gasteiger partial charge >= 0.3 is 5.97 Å². The quantitative estimate of drug-likeness (QED) is 0.841. The van der Waals surface area contributed by atoms with Gasteiger partial charge in [0, 0.05) is 31.9 Å². The molecule has 6 heteroatoms. The van der Waals surface area contributed by atoms with Gasteiger partial charge in [-0.05, 0) is 25.8 Å². The van der Waals surface area contributed by atoms with Crippen LogP contribution in [-0.4, -0.2) is 45.3 Å². The molecular formula is C14H18N2O4. The van der Waals surface area contributed by atoms with Crippen molar-refractivity contribution in [3.8, 4) is 0 Å². The van der Waals surface area contributed by atoms with Crippen LogP contribution in [0.5, 0.6) is 0 Å². The van der Waals surface area contributed by atoms with Gasteiger partial charge in [0.25, 0.3) is 5.91 Å². The molecule has 1 saturated heterocycles. The number of Topliss-reactive ketones (excluding diaryl/α,β-unsaturated/α-hetero) is 1. The van der Waals surface area contributed by atoms with Crippen molar-refractivity contribution in [3.05, 3.63) is 23.5 Å². The lowest BCUT2D eigenvalue weighted by atomic mass is 9.98. The summed E-state index contributed by atoms with van der Waals surface area (Å²) in [5, 5.41) is 9.05. The molecule has 6 nitrogen and oxygen atoms in total. The Hall–Kier alpha value is -2.11. The number of amides is 1. The van der Waals surface area contributed by atoms with Crippen LogP contribution in [0.25, 0.3) is 0 Å². The Morgan fingerprint density at radius 1 is 1.35 bits per heavy atom. The van der Waals surface area contributed by atoms with Crippen LogP contribution in [0.4, 0.5) is 0 Å². The van der Waals surface area contributed by atoms with E-state index in [4.69, 9.17) is 5.11 Å². The number of carboxylic acids is 1. The van der Waals surface area contributed by atoms with Gasteiger partial charge in [-0.2, -0.15) is 0 Å². The highest BCUT2D eigenvalue weighted by molar-refractivity contribution is 5.99. The van der Waals surface area contributed by atoms with Crippen LogP contribution in [-0.2, 0) is 11.8 Å². The van der Waals surface area contributed by atoms with Crippen LogP contribution in [0.15, 0.2) is 12.3 Å². The summed E-state index contributed by atoms with van der Waals surface area (Å²) in [6.07, 6.45) is 2.91. The summed E-state index contributed by atoms with van der Waals surface area (Å²) in [5.41, 5.74) is 0.906. The Morgan fingerprint density at radius 2 is 2.05 bits per heavy atom. The third kappa shape index (κ3) is 2.74. The molecule has 1 fully saturated rings. The van der Waals surface area contributed by atoms with Gasteiger partial charge < -0.3 is 14.6 Å². The second-order valence-corrected chi connectivity index (χ2v) is 5.21. The van der Waals surface area contributed by atoms with E-state index in [0.29, 0.717) is 30.6 Å². The SMILES string of the molecule is CC(=O)c1cc(C(=O)N2CCC[C@@H](C(=O)O)C2)n(C)c1. The van der Waals surface area contributed by atoms with Gasteiger partial charge in [-0.25, -0.2) is 0 Å². The zero-order valence-electron chi connectivity index (χ0n) is 11.6. The van der Waals surface area contributed by atoms with Crippen molar-refractivity contribution in [2.24, 2.45) is 13.0 Å². The first-order chi connectivity index (χ1) is 9.40. The Balaban J connectivity index is 2.18. The number of hydrogen-bond acceptors (Lipinski definition) is 3. The third-order valence-electron chi connectivity index (χ3n) is 3.69. The summed E-state index contributed by atoms with van der Waals surface area (Å²) in [5.74, 6) is -1.67. The van der Waals surface area contributed by atoms with E-state index in [2.05, 4.69) is 0 Å². The van der Waals surface area contributed by atoms with Crippen LogP contribution in [0.2, 0.25) is 0 Å². The maximum atomic E-state index is 12.4. The summed E-state index contributed by atoms with van der Waals surface area (Å²) in [6, 6.07) is 1.56. The van der Waals surface area contributed by atoms with Crippen LogP contribution in [0, 0.1) is 5.92 Å². The van der Waals surface area contributed by atoms with Crippen molar-refractivity contribution >= 4 is 17.7 Å². The smallest absolute Gasteiger partial charge is 0.308 e. The molecule has 2 rings (SSSR count). The minimum atomic E-state index is -0.862. The van der Waals surface area contributed by atoms with Gasteiger partial charge in [-0.15, -0.1) is 0 Å². The van der Waals surface area contributed by atoms with Crippen molar-refractivity contribution in [2.75, 3.05) is 13.1 Å². The lowest BCUT2D eigenvalue weighted by Gasteiger charge is -2.30. The van der Waals surface area contributed by atoms with E-state index in [-0.39, 0.29) is 18.2 Å². The molecule has 0 unspecified atom stereocenters. The van der Waals surface area contributed by atoms with E-state index in [9.17, 15) is 14.4 Å². The molecule has 1 aliphatic heterocycles. The number of ketones is 1. The number of aliphatic carboxylic acids is 1. The fourth-order valence-corrected chi connectivity index (χ4v) is 2.49. The molecule has 0 saturated carbocycles. The molecule has 0 aliphatic carbocycles. The second-order valence-electron chi connectivity index (χ2n) is 5.21. The lowest BCUT2D eigenvalue weighted by Crippen LogP contribution is -2.42. The van der Waals surface area contributed by atoms with Crippen molar-refractivity contribution in [2.45, 2.75) is 19.8 Å². The number of carboxylic acid groups (broad SMARTS) is 1. The zero-order chi connectivity index (χ0) is 14.9. The van der Waals surface area contributed by atoms with Gasteiger partial charge in [0.1, 0.15) is 5.69 Å². The Bertz CT molecular complexity index is 562. The number of aromatic nitrogens is 1. The number of aryl methyl sites for hydroxylation is 1.